The number of likely N-dealkylation sites (N-methyl/N-ethyl adjacent to an activating group) is 1. The molecule has 0 aliphatic carbocycles. The Hall–Kier alpha value is -2.02. The molecular weight excluding hydrogens is 364 g/mol. The van der Waals surface area contributed by atoms with Crippen LogP contribution in [0.1, 0.15) is 38.2 Å². The molecule has 6 nitrogen and oxygen atoms in total. The zero-order chi connectivity index (χ0) is 20.0. The number of carboxylic acids is 1. The van der Waals surface area contributed by atoms with Gasteiger partial charge in [-0.1, -0.05) is 26.0 Å². The highest BCUT2D eigenvalue weighted by Gasteiger charge is 2.27. The molecule has 0 bridgehead atoms. The van der Waals surface area contributed by atoms with E-state index in [-0.39, 0.29) is 30.0 Å². The molecule has 0 aromatic heterocycles. The molecule has 0 radical (unpaired) electrons. The van der Waals surface area contributed by atoms with E-state index in [0.29, 0.717) is 31.8 Å². The third-order valence-corrected chi connectivity index (χ3v) is 5.90. The summed E-state index contributed by atoms with van der Waals surface area (Å²) in [5.74, 6) is -0.628. The fourth-order valence-corrected chi connectivity index (χ4v) is 3.81. The molecule has 148 valence electrons. The number of rotatable bonds is 7. The van der Waals surface area contributed by atoms with Gasteiger partial charge in [0.25, 0.3) is 0 Å². The predicted octanol–water partition coefficient (Wildman–Crippen LogP) is 2.68. The number of aliphatic carboxylic acids is 1. The summed E-state index contributed by atoms with van der Waals surface area (Å²) in [6.45, 7) is 5.19. The average Bonchev–Trinajstić information content (AvgIpc) is 2.66. The van der Waals surface area contributed by atoms with Crippen LogP contribution in [0.3, 0.4) is 0 Å². The van der Waals surface area contributed by atoms with Crippen LogP contribution in [0.25, 0.3) is 0 Å². The van der Waals surface area contributed by atoms with E-state index in [4.69, 9.17) is 5.11 Å². The summed E-state index contributed by atoms with van der Waals surface area (Å²) in [6, 6.07) is 8.19. The van der Waals surface area contributed by atoms with Crippen molar-refractivity contribution in [3.63, 3.8) is 0 Å². The summed E-state index contributed by atoms with van der Waals surface area (Å²) in [4.78, 5) is 39.8. The molecule has 1 aliphatic heterocycles. The van der Waals surface area contributed by atoms with E-state index in [1.54, 1.807) is 11.9 Å². The quantitative estimate of drug-likeness (QED) is 0.722. The maximum Gasteiger partial charge on any atom is 0.306 e. The van der Waals surface area contributed by atoms with Gasteiger partial charge in [-0.3, -0.25) is 14.4 Å². The van der Waals surface area contributed by atoms with Crippen molar-refractivity contribution in [3.05, 3.63) is 29.8 Å². The van der Waals surface area contributed by atoms with Gasteiger partial charge in [0.1, 0.15) is 0 Å². The number of thioether (sulfide) groups is 1. The number of carbonyl (C=O) groups excluding carboxylic acids is 2. The lowest BCUT2D eigenvalue weighted by Crippen LogP contribution is -2.45. The summed E-state index contributed by atoms with van der Waals surface area (Å²) in [7, 11) is 1.63. The summed E-state index contributed by atoms with van der Waals surface area (Å²) in [5, 5.41) is 9.02. The van der Waals surface area contributed by atoms with Crippen molar-refractivity contribution >= 4 is 29.5 Å². The largest absolute Gasteiger partial charge is 0.481 e. The van der Waals surface area contributed by atoms with E-state index in [2.05, 4.69) is 26.0 Å². The molecule has 1 aliphatic rings. The molecule has 2 amide bonds. The molecule has 1 N–H and O–H groups in total. The van der Waals surface area contributed by atoms with Crippen LogP contribution in [0.15, 0.2) is 29.2 Å². The Morgan fingerprint density at radius 2 is 1.78 bits per heavy atom. The summed E-state index contributed by atoms with van der Waals surface area (Å²) < 4.78 is 0. The molecule has 1 heterocycles. The maximum absolute atomic E-state index is 12.3. The van der Waals surface area contributed by atoms with Crippen LogP contribution in [0.2, 0.25) is 0 Å². The first-order chi connectivity index (χ1) is 12.8. The maximum atomic E-state index is 12.3. The van der Waals surface area contributed by atoms with E-state index in [1.807, 2.05) is 12.1 Å². The van der Waals surface area contributed by atoms with E-state index in [9.17, 15) is 14.4 Å². The first-order valence-electron chi connectivity index (χ1n) is 9.25. The zero-order valence-corrected chi connectivity index (χ0v) is 17.0. The molecule has 1 aromatic rings. The predicted molar refractivity (Wildman–Crippen MR) is 106 cm³/mol. The van der Waals surface area contributed by atoms with Crippen LogP contribution >= 0.6 is 11.8 Å². The number of hydrogen-bond donors (Lipinski definition) is 1. The number of likely N-dealkylation sites (tertiary alicyclic amines) is 1. The fourth-order valence-electron chi connectivity index (χ4n) is 2.97. The van der Waals surface area contributed by atoms with Crippen molar-refractivity contribution in [2.45, 2.75) is 37.5 Å². The van der Waals surface area contributed by atoms with Gasteiger partial charge in [-0.05, 0) is 36.5 Å². The van der Waals surface area contributed by atoms with Gasteiger partial charge in [0, 0.05) is 25.0 Å². The minimum absolute atomic E-state index is 0.0312. The molecule has 0 saturated carbocycles. The number of hydrogen-bond acceptors (Lipinski definition) is 4. The van der Waals surface area contributed by atoms with Crippen molar-refractivity contribution in [3.8, 4) is 0 Å². The molecule has 1 aromatic carbocycles. The smallest absolute Gasteiger partial charge is 0.306 e. The standard InChI is InChI=1S/C20H28N2O4S/c1-14(2)15-4-6-17(7-5-15)27-13-19(24)21(3)12-18(23)22-10-8-16(9-11-22)20(25)26/h4-7,14,16H,8-13H2,1-3H3,(H,25,26). The number of benzene rings is 1. The van der Waals surface area contributed by atoms with Gasteiger partial charge >= 0.3 is 5.97 Å². The Labute approximate surface area is 164 Å². The van der Waals surface area contributed by atoms with Gasteiger partial charge in [0.05, 0.1) is 18.2 Å². The number of carbonyl (C=O) groups is 3. The van der Waals surface area contributed by atoms with Crippen molar-refractivity contribution in [2.24, 2.45) is 5.92 Å². The molecule has 0 atom stereocenters. The summed E-state index contributed by atoms with van der Waals surface area (Å²) >= 11 is 1.46. The van der Waals surface area contributed by atoms with Crippen LogP contribution in [-0.4, -0.2) is 65.1 Å². The highest BCUT2D eigenvalue weighted by molar-refractivity contribution is 8.00. The summed E-state index contributed by atoms with van der Waals surface area (Å²) in [5.41, 5.74) is 1.26. The number of carboxylic acid groups (broad SMARTS) is 1. The molecular formula is C20H28N2O4S. The first kappa shape index (κ1) is 21.3. The van der Waals surface area contributed by atoms with Crippen LogP contribution < -0.4 is 0 Å². The number of piperidine rings is 1. The molecule has 0 spiro atoms. The second-order valence-electron chi connectivity index (χ2n) is 7.26. The lowest BCUT2D eigenvalue weighted by Gasteiger charge is -2.31. The molecule has 1 saturated heterocycles. The SMILES string of the molecule is CC(C)c1ccc(SCC(=O)N(C)CC(=O)N2CCC(C(=O)O)CC2)cc1. The Morgan fingerprint density at radius 3 is 2.30 bits per heavy atom. The minimum atomic E-state index is -0.798. The van der Waals surface area contributed by atoms with Crippen LogP contribution in [0.5, 0.6) is 0 Å². The molecule has 27 heavy (non-hydrogen) atoms. The normalized spacial score (nSPS) is 15.0. The fraction of sp³-hybridized carbons (Fsp3) is 0.550. The van der Waals surface area contributed by atoms with Crippen molar-refractivity contribution in [2.75, 3.05) is 32.4 Å². The molecule has 1 fully saturated rings. The van der Waals surface area contributed by atoms with Gasteiger partial charge in [0.2, 0.25) is 11.8 Å². The molecule has 7 heteroatoms. The van der Waals surface area contributed by atoms with Gasteiger partial charge < -0.3 is 14.9 Å². The van der Waals surface area contributed by atoms with Gasteiger partial charge in [0.15, 0.2) is 0 Å². The second kappa shape index (κ2) is 9.78. The molecule has 2 rings (SSSR count). The van der Waals surface area contributed by atoms with Crippen molar-refractivity contribution in [1.29, 1.82) is 0 Å². The zero-order valence-electron chi connectivity index (χ0n) is 16.2. The van der Waals surface area contributed by atoms with E-state index >= 15 is 0 Å². The Kier molecular flexibility index (Phi) is 7.71. The third-order valence-electron chi connectivity index (χ3n) is 4.90. The first-order valence-corrected chi connectivity index (χ1v) is 10.2. The van der Waals surface area contributed by atoms with Gasteiger partial charge in [-0.2, -0.15) is 0 Å². The van der Waals surface area contributed by atoms with E-state index < -0.39 is 5.97 Å². The summed E-state index contributed by atoms with van der Waals surface area (Å²) in [6.07, 6.45) is 0.946. The van der Waals surface area contributed by atoms with E-state index in [0.717, 1.165) is 4.90 Å². The Morgan fingerprint density at radius 1 is 1.19 bits per heavy atom. The Bertz CT molecular complexity index is 667. The number of nitrogens with zero attached hydrogens (tertiary/aromatic N) is 2. The number of amides is 2. The highest BCUT2D eigenvalue weighted by atomic mass is 32.2. The van der Waals surface area contributed by atoms with Crippen LogP contribution in [0, 0.1) is 5.92 Å². The van der Waals surface area contributed by atoms with Gasteiger partial charge in [-0.25, -0.2) is 0 Å². The Balaban J connectivity index is 1.76. The van der Waals surface area contributed by atoms with Crippen LogP contribution in [0.4, 0.5) is 0 Å². The lowest BCUT2D eigenvalue weighted by atomic mass is 9.97. The topological polar surface area (TPSA) is 77.9 Å². The average molecular weight is 393 g/mol. The molecule has 0 unspecified atom stereocenters. The monoisotopic (exact) mass is 392 g/mol. The lowest BCUT2D eigenvalue weighted by molar-refractivity contribution is -0.146. The van der Waals surface area contributed by atoms with E-state index in [1.165, 1.54) is 22.2 Å². The van der Waals surface area contributed by atoms with Crippen molar-refractivity contribution < 1.29 is 19.5 Å². The third kappa shape index (κ3) is 6.27. The highest BCUT2D eigenvalue weighted by Crippen LogP contribution is 2.22. The van der Waals surface area contributed by atoms with Crippen molar-refractivity contribution in [1.82, 2.24) is 9.80 Å². The second-order valence-corrected chi connectivity index (χ2v) is 8.30. The van der Waals surface area contributed by atoms with Gasteiger partial charge in [-0.15, -0.1) is 11.8 Å². The van der Waals surface area contributed by atoms with Crippen LogP contribution in [-0.2, 0) is 14.4 Å². The minimum Gasteiger partial charge on any atom is -0.481 e.